The van der Waals surface area contributed by atoms with Crippen molar-refractivity contribution in [2.75, 3.05) is 13.2 Å². The predicted molar refractivity (Wildman–Crippen MR) is 97.4 cm³/mol. The molecule has 0 aliphatic heterocycles. The summed E-state index contributed by atoms with van der Waals surface area (Å²) in [4.78, 5) is 8.70. The Bertz CT molecular complexity index is 1050. The number of hydrogen-bond donors (Lipinski definition) is 3. The number of aliphatic hydroxyl groups is 1. The van der Waals surface area contributed by atoms with Gasteiger partial charge in [0.25, 0.3) is 0 Å². The fourth-order valence-electron chi connectivity index (χ4n) is 2.65. The van der Waals surface area contributed by atoms with Crippen molar-refractivity contribution in [1.29, 1.82) is 0 Å². The summed E-state index contributed by atoms with van der Waals surface area (Å²) in [5.41, 5.74) is 8.06. The highest BCUT2D eigenvalue weighted by Gasteiger charge is 2.20. The molecular weight excluding hydrogens is 372 g/mol. The third kappa shape index (κ3) is 3.90. The molecular formula is C16H20N6O4S. The molecule has 144 valence electrons. The Kier molecular flexibility index (Phi) is 5.37. The Morgan fingerprint density at radius 3 is 2.56 bits per heavy atom. The van der Waals surface area contributed by atoms with E-state index in [-0.39, 0.29) is 24.1 Å². The lowest BCUT2D eigenvalue weighted by Crippen LogP contribution is -2.17. The van der Waals surface area contributed by atoms with Crippen molar-refractivity contribution in [3.63, 3.8) is 0 Å². The minimum atomic E-state index is -3.79. The molecule has 1 aromatic carbocycles. The van der Waals surface area contributed by atoms with Crippen LogP contribution in [0.1, 0.15) is 24.2 Å². The molecule has 3 aromatic rings. The number of ether oxygens (including phenoxy) is 1. The van der Waals surface area contributed by atoms with Crippen LogP contribution in [-0.4, -0.2) is 46.5 Å². The minimum Gasteiger partial charge on any atom is -0.461 e. The van der Waals surface area contributed by atoms with Crippen molar-refractivity contribution in [3.05, 3.63) is 41.7 Å². The van der Waals surface area contributed by atoms with Gasteiger partial charge in [0, 0.05) is 6.54 Å². The molecule has 0 aliphatic rings. The quantitative estimate of drug-likeness (QED) is 0.503. The van der Waals surface area contributed by atoms with Crippen molar-refractivity contribution in [3.8, 4) is 6.01 Å². The zero-order chi connectivity index (χ0) is 19.6. The number of fused-ring (bicyclic) bond motifs is 1. The summed E-state index contributed by atoms with van der Waals surface area (Å²) >= 11 is 0. The molecule has 0 aliphatic carbocycles. The Balaban J connectivity index is 2.07. The fraction of sp³-hybridized carbons (Fsp3) is 0.312. The predicted octanol–water partition coefficient (Wildman–Crippen LogP) is -0.0872. The van der Waals surface area contributed by atoms with Gasteiger partial charge in [-0.3, -0.25) is 0 Å². The van der Waals surface area contributed by atoms with Gasteiger partial charge in [0.05, 0.1) is 34.8 Å². The van der Waals surface area contributed by atoms with Crippen LogP contribution in [0.15, 0.2) is 35.4 Å². The van der Waals surface area contributed by atoms with Gasteiger partial charge in [-0.05, 0) is 24.6 Å². The van der Waals surface area contributed by atoms with E-state index in [9.17, 15) is 8.42 Å². The first-order valence-electron chi connectivity index (χ1n) is 8.20. The molecule has 0 amide bonds. The molecule has 3 rings (SSSR count). The van der Waals surface area contributed by atoms with Gasteiger partial charge in [0.2, 0.25) is 10.0 Å². The van der Waals surface area contributed by atoms with E-state index in [0.717, 1.165) is 0 Å². The van der Waals surface area contributed by atoms with Crippen molar-refractivity contribution < 1.29 is 18.3 Å². The van der Waals surface area contributed by atoms with Crippen LogP contribution in [0.2, 0.25) is 0 Å². The number of nitrogens with zero attached hydrogens (tertiary/aromatic N) is 4. The van der Waals surface area contributed by atoms with E-state index in [1.807, 2.05) is 6.92 Å². The van der Waals surface area contributed by atoms with Crippen LogP contribution in [0.5, 0.6) is 6.01 Å². The molecule has 5 N–H and O–H groups in total. The summed E-state index contributed by atoms with van der Waals surface area (Å²) in [5.74, 6) is 0. The molecule has 27 heavy (non-hydrogen) atoms. The summed E-state index contributed by atoms with van der Waals surface area (Å²) in [6, 6.07) is 5.35. The Morgan fingerprint density at radius 1 is 1.26 bits per heavy atom. The van der Waals surface area contributed by atoms with Gasteiger partial charge in [0.1, 0.15) is 6.61 Å². The van der Waals surface area contributed by atoms with Gasteiger partial charge >= 0.3 is 6.01 Å². The van der Waals surface area contributed by atoms with E-state index in [1.165, 1.54) is 12.1 Å². The monoisotopic (exact) mass is 392 g/mol. The molecule has 0 radical (unpaired) electrons. The molecule has 2 heterocycles. The van der Waals surface area contributed by atoms with Gasteiger partial charge in [-0.2, -0.15) is 15.1 Å². The fourth-order valence-corrected chi connectivity index (χ4v) is 3.16. The zero-order valence-electron chi connectivity index (χ0n) is 14.6. The van der Waals surface area contributed by atoms with Gasteiger partial charge in [-0.25, -0.2) is 18.2 Å². The zero-order valence-corrected chi connectivity index (χ0v) is 15.4. The van der Waals surface area contributed by atoms with E-state index in [4.69, 9.17) is 20.7 Å². The second-order valence-corrected chi connectivity index (χ2v) is 7.31. The largest absolute Gasteiger partial charge is 0.461 e. The normalized spacial score (nSPS) is 13.0. The highest BCUT2D eigenvalue weighted by molar-refractivity contribution is 7.89. The SMILES string of the molecule is CCn1ncc2c(C(N)c3ccc(S(N)(=O)=O)cc3)nc(OCCO)nc21. The van der Waals surface area contributed by atoms with Crippen LogP contribution in [-0.2, 0) is 16.6 Å². The first kappa shape index (κ1) is 19.2. The van der Waals surface area contributed by atoms with E-state index < -0.39 is 16.1 Å². The van der Waals surface area contributed by atoms with E-state index in [2.05, 4.69) is 15.1 Å². The summed E-state index contributed by atoms with van der Waals surface area (Å²) in [5, 5.41) is 19.0. The minimum absolute atomic E-state index is 0.00273. The smallest absolute Gasteiger partial charge is 0.318 e. The highest BCUT2D eigenvalue weighted by atomic mass is 32.2. The van der Waals surface area contributed by atoms with Crippen LogP contribution in [0.4, 0.5) is 0 Å². The number of benzene rings is 1. The Hall–Kier alpha value is -2.60. The number of rotatable bonds is 7. The standard InChI is InChI=1S/C16H20N6O4S/c1-2-22-15-12(9-19-22)14(20-16(21-15)26-8-7-23)13(17)10-3-5-11(6-4-10)27(18,24)25/h3-6,9,13,23H,2,7-8,17H2,1H3,(H2,18,24,25). The molecule has 0 saturated carbocycles. The van der Waals surface area contributed by atoms with Crippen molar-refractivity contribution in [2.24, 2.45) is 10.9 Å². The van der Waals surface area contributed by atoms with Gasteiger partial charge in [0.15, 0.2) is 5.65 Å². The Labute approximate surface area is 155 Å². The average Bonchev–Trinajstić information content (AvgIpc) is 3.07. The maximum Gasteiger partial charge on any atom is 0.318 e. The summed E-state index contributed by atoms with van der Waals surface area (Å²) in [7, 11) is -3.79. The molecule has 0 spiro atoms. The molecule has 11 heteroatoms. The number of primary sulfonamides is 1. The van der Waals surface area contributed by atoms with Crippen molar-refractivity contribution in [1.82, 2.24) is 19.7 Å². The second-order valence-electron chi connectivity index (χ2n) is 5.75. The van der Waals surface area contributed by atoms with E-state index in [1.54, 1.807) is 23.0 Å². The van der Waals surface area contributed by atoms with Crippen molar-refractivity contribution >= 4 is 21.1 Å². The average molecular weight is 392 g/mol. The van der Waals surface area contributed by atoms with Crippen LogP contribution in [0.3, 0.4) is 0 Å². The number of hydrogen-bond acceptors (Lipinski definition) is 8. The summed E-state index contributed by atoms with van der Waals surface area (Å²) in [6.07, 6.45) is 1.63. The molecule has 0 fully saturated rings. The number of aliphatic hydroxyl groups excluding tert-OH is 1. The van der Waals surface area contributed by atoms with Gasteiger partial charge in [-0.15, -0.1) is 0 Å². The third-order valence-corrected chi connectivity index (χ3v) is 4.92. The molecule has 10 nitrogen and oxygen atoms in total. The first-order valence-corrected chi connectivity index (χ1v) is 9.75. The number of nitrogens with two attached hydrogens (primary N) is 2. The topological polar surface area (TPSA) is 159 Å². The number of aryl methyl sites for hydroxylation is 1. The molecule has 2 aromatic heterocycles. The maximum absolute atomic E-state index is 11.4. The van der Waals surface area contributed by atoms with E-state index >= 15 is 0 Å². The number of aromatic nitrogens is 4. The summed E-state index contributed by atoms with van der Waals surface area (Å²) < 4.78 is 29.9. The summed E-state index contributed by atoms with van der Waals surface area (Å²) in [6.45, 7) is 2.39. The van der Waals surface area contributed by atoms with Gasteiger partial charge in [-0.1, -0.05) is 12.1 Å². The lowest BCUT2D eigenvalue weighted by Gasteiger charge is -2.14. The second kappa shape index (κ2) is 7.56. The van der Waals surface area contributed by atoms with Gasteiger partial charge < -0.3 is 15.6 Å². The van der Waals surface area contributed by atoms with Crippen LogP contribution >= 0.6 is 0 Å². The highest BCUT2D eigenvalue weighted by Crippen LogP contribution is 2.27. The number of sulfonamides is 1. The molecule has 0 saturated heterocycles. The molecule has 0 bridgehead atoms. The van der Waals surface area contributed by atoms with Crippen LogP contribution < -0.4 is 15.6 Å². The van der Waals surface area contributed by atoms with Crippen LogP contribution in [0, 0.1) is 0 Å². The maximum atomic E-state index is 11.4. The lowest BCUT2D eigenvalue weighted by atomic mass is 10.0. The molecule has 1 unspecified atom stereocenters. The Morgan fingerprint density at radius 2 is 1.96 bits per heavy atom. The molecule has 1 atom stereocenters. The van der Waals surface area contributed by atoms with Crippen LogP contribution in [0.25, 0.3) is 11.0 Å². The lowest BCUT2D eigenvalue weighted by molar-refractivity contribution is 0.191. The first-order chi connectivity index (χ1) is 12.8. The van der Waals surface area contributed by atoms with E-state index in [0.29, 0.717) is 28.8 Å². The third-order valence-electron chi connectivity index (χ3n) is 3.99. The van der Waals surface area contributed by atoms with Crippen molar-refractivity contribution in [2.45, 2.75) is 24.4 Å².